The van der Waals surface area contributed by atoms with Crippen molar-refractivity contribution in [2.75, 3.05) is 26.3 Å². The SMILES string of the molecule is C1CC(N2CC3(CC4CCC(C3)[N-]4)C2)CCO1.FC(F)Oc1cc[c-]cc1.[O]=[Os]. The van der Waals surface area contributed by atoms with Gasteiger partial charge in [0.15, 0.2) is 0 Å². The molecule has 0 radical (unpaired) electrons. The third kappa shape index (κ3) is 6.34. The molecule has 5 rings (SSSR count). The van der Waals surface area contributed by atoms with Crippen molar-refractivity contribution in [2.45, 2.75) is 63.3 Å². The van der Waals surface area contributed by atoms with E-state index in [1.807, 2.05) is 0 Å². The first kappa shape index (κ1) is 22.9. The predicted octanol–water partition coefficient (Wildman–Crippen LogP) is 4.13. The van der Waals surface area contributed by atoms with Gasteiger partial charge in [0, 0.05) is 38.1 Å². The molecule has 29 heavy (non-hydrogen) atoms. The number of piperidine rings is 1. The third-order valence-electron chi connectivity index (χ3n) is 6.29. The first-order chi connectivity index (χ1) is 14.1. The van der Waals surface area contributed by atoms with E-state index in [1.165, 1.54) is 75.9 Å². The molecule has 2 atom stereocenters. The predicted molar refractivity (Wildman–Crippen MR) is 99.8 cm³/mol. The molecule has 0 N–H and O–H groups in total. The Balaban J connectivity index is 0.000000173. The Kier molecular flexibility index (Phi) is 8.67. The van der Waals surface area contributed by atoms with Gasteiger partial charge >= 0.3 is 28.7 Å². The first-order valence-corrected chi connectivity index (χ1v) is 11.2. The minimum absolute atomic E-state index is 0.161. The fourth-order valence-electron chi connectivity index (χ4n) is 5.16. The van der Waals surface area contributed by atoms with E-state index >= 15 is 0 Å². The number of likely N-dealkylation sites (tertiary alicyclic amines) is 1. The maximum absolute atomic E-state index is 11.5. The van der Waals surface area contributed by atoms with Gasteiger partial charge < -0.3 is 14.8 Å². The number of halogens is 2. The number of benzene rings is 1. The van der Waals surface area contributed by atoms with Crippen LogP contribution in [0.3, 0.4) is 0 Å². The number of ether oxygens (including phenoxy) is 2. The molecule has 5 nitrogen and oxygen atoms in total. The number of nitrogens with zero attached hydrogens (tertiary/aromatic N) is 2. The van der Waals surface area contributed by atoms with Crippen LogP contribution in [0.15, 0.2) is 24.3 Å². The van der Waals surface area contributed by atoms with E-state index in [0.717, 1.165) is 31.3 Å². The number of hydrogen-bond donors (Lipinski definition) is 0. The second-order valence-electron chi connectivity index (χ2n) is 8.31. The normalized spacial score (nSPS) is 28.0. The van der Waals surface area contributed by atoms with Gasteiger partial charge in [-0.2, -0.15) is 27.0 Å². The van der Waals surface area contributed by atoms with Crippen molar-refractivity contribution in [3.63, 3.8) is 0 Å². The zero-order valence-corrected chi connectivity index (χ0v) is 19.0. The van der Waals surface area contributed by atoms with Crippen molar-refractivity contribution >= 4 is 0 Å². The van der Waals surface area contributed by atoms with Gasteiger partial charge in [0.1, 0.15) is 0 Å². The maximum atomic E-state index is 11.5. The Morgan fingerprint density at radius 3 is 2.24 bits per heavy atom. The van der Waals surface area contributed by atoms with Crippen LogP contribution in [0.25, 0.3) is 5.32 Å². The molecule has 0 aliphatic carbocycles. The molecule has 0 saturated carbocycles. The summed E-state index contributed by atoms with van der Waals surface area (Å²) in [7, 11) is 0. The molecule has 1 aromatic carbocycles. The zero-order chi connectivity index (χ0) is 20.7. The second kappa shape index (κ2) is 11.0. The van der Waals surface area contributed by atoms with Gasteiger partial charge in [0.05, 0.1) is 0 Å². The second-order valence-corrected chi connectivity index (χ2v) is 8.31. The van der Waals surface area contributed by atoms with Crippen LogP contribution in [0.2, 0.25) is 0 Å². The van der Waals surface area contributed by atoms with Crippen molar-refractivity contribution in [1.82, 2.24) is 4.90 Å². The number of alkyl halides is 2. The molecular weight excluding hydrogens is 556 g/mol. The summed E-state index contributed by atoms with van der Waals surface area (Å²) in [5.74, 6) is 0.161. The van der Waals surface area contributed by atoms with Crippen molar-refractivity contribution in [3.8, 4) is 5.75 Å². The van der Waals surface area contributed by atoms with Crippen LogP contribution >= 0.6 is 0 Å². The van der Waals surface area contributed by atoms with Gasteiger partial charge in [0.25, 0.3) is 0 Å². The van der Waals surface area contributed by atoms with Gasteiger partial charge in [0.2, 0.25) is 0 Å². The Labute approximate surface area is 181 Å². The van der Waals surface area contributed by atoms with Gasteiger partial charge in [-0.1, -0.05) is 25.7 Å². The molecule has 4 fully saturated rings. The summed E-state index contributed by atoms with van der Waals surface area (Å²) in [5, 5.41) is 4.87. The molecule has 0 aromatic heterocycles. The minimum atomic E-state index is -2.75. The topological polar surface area (TPSA) is 52.9 Å². The van der Waals surface area contributed by atoms with E-state index in [2.05, 4.69) is 15.7 Å². The Bertz CT molecular complexity index is 599. The van der Waals surface area contributed by atoms with Crippen molar-refractivity contribution in [2.24, 2.45) is 5.41 Å². The van der Waals surface area contributed by atoms with Crippen LogP contribution in [-0.4, -0.2) is 55.9 Å². The van der Waals surface area contributed by atoms with Crippen LogP contribution < -0.4 is 4.74 Å². The van der Waals surface area contributed by atoms with Crippen LogP contribution in [0.1, 0.15) is 38.5 Å². The third-order valence-corrected chi connectivity index (χ3v) is 6.29. The Hall–Kier alpha value is -0.804. The number of rotatable bonds is 3. The summed E-state index contributed by atoms with van der Waals surface area (Å²) in [6, 6.07) is 10.8. The molecule has 4 heterocycles. The van der Waals surface area contributed by atoms with Gasteiger partial charge in [-0.15, -0.1) is 24.2 Å². The average molecular weight is 585 g/mol. The van der Waals surface area contributed by atoms with E-state index in [0.29, 0.717) is 24.0 Å². The Morgan fingerprint density at radius 2 is 1.69 bits per heavy atom. The number of fused-ring (bicyclic) bond motifs is 2. The standard InChI is InChI=1S/C14H23N2O.C7H5F2O.O.Os/c1-2-12-8-14(7-11(1)15-12)9-16(10-14)13-3-5-17-6-4-13;8-7(9)10-6-4-2-1-3-5-6;;/h11-13H,1-10H2;2-5,7H;;/q2*-1;;. The summed E-state index contributed by atoms with van der Waals surface area (Å²) in [6.45, 7) is 1.94. The molecule has 4 aliphatic rings. The molecule has 2 bridgehead atoms. The van der Waals surface area contributed by atoms with E-state index in [-0.39, 0.29) is 5.75 Å². The van der Waals surface area contributed by atoms with Crippen LogP contribution in [0.4, 0.5) is 8.78 Å². The van der Waals surface area contributed by atoms with E-state index in [4.69, 9.17) is 13.6 Å². The van der Waals surface area contributed by atoms with Crippen LogP contribution in [0, 0.1) is 11.5 Å². The van der Waals surface area contributed by atoms with Gasteiger partial charge in [-0.25, -0.2) is 0 Å². The summed E-state index contributed by atoms with van der Waals surface area (Å²) in [6.07, 6.45) is 8.06. The van der Waals surface area contributed by atoms with Crippen molar-refractivity contribution in [3.05, 3.63) is 35.6 Å². The average Bonchev–Trinajstić information content (AvgIpc) is 3.07. The summed E-state index contributed by atoms with van der Waals surface area (Å²) in [5.41, 5.74) is 0.673. The van der Waals surface area contributed by atoms with Crippen LogP contribution in [0.5, 0.6) is 5.75 Å². The van der Waals surface area contributed by atoms with E-state index < -0.39 is 6.61 Å². The first-order valence-electron chi connectivity index (χ1n) is 10.2. The Morgan fingerprint density at radius 1 is 1.10 bits per heavy atom. The van der Waals surface area contributed by atoms with Crippen LogP contribution in [-0.2, 0) is 26.8 Å². The molecule has 1 aromatic rings. The molecule has 164 valence electrons. The molecule has 2 unspecified atom stereocenters. The molecule has 8 heteroatoms. The molecule has 4 aliphatic heterocycles. The monoisotopic (exact) mass is 586 g/mol. The molecular formula is C21H28F2N2O3Os-2. The quantitative estimate of drug-likeness (QED) is 0.502. The van der Waals surface area contributed by atoms with Crippen molar-refractivity contribution < 1.29 is 40.3 Å². The molecule has 0 amide bonds. The fraction of sp³-hybridized carbons (Fsp3) is 0.714. The molecule has 1 spiro atoms. The number of hydrogen-bond acceptors (Lipinski definition) is 4. The van der Waals surface area contributed by atoms with E-state index in [9.17, 15) is 8.78 Å². The fourth-order valence-corrected chi connectivity index (χ4v) is 5.16. The summed E-state index contributed by atoms with van der Waals surface area (Å²) >= 11 is 0.611. The molecule has 4 saturated heterocycles. The van der Waals surface area contributed by atoms with Gasteiger partial charge in [-0.05, 0) is 18.3 Å². The zero-order valence-electron chi connectivity index (χ0n) is 16.4. The van der Waals surface area contributed by atoms with E-state index in [1.54, 1.807) is 0 Å². The summed E-state index contributed by atoms with van der Waals surface area (Å²) < 4.78 is 40.8. The van der Waals surface area contributed by atoms with Gasteiger partial charge in [-0.3, -0.25) is 4.90 Å². The van der Waals surface area contributed by atoms with Crippen molar-refractivity contribution in [1.29, 1.82) is 0 Å². The summed E-state index contributed by atoms with van der Waals surface area (Å²) in [4.78, 5) is 2.73.